The summed E-state index contributed by atoms with van der Waals surface area (Å²) >= 11 is 0. The van der Waals surface area contributed by atoms with Crippen molar-refractivity contribution in [1.82, 2.24) is 4.90 Å². The molecule has 1 saturated heterocycles. The molecular weight excluding hydrogens is 360 g/mol. The average Bonchev–Trinajstić information content (AvgIpc) is 2.80. The van der Waals surface area contributed by atoms with Crippen LogP contribution >= 0.6 is 0 Å². The van der Waals surface area contributed by atoms with Gasteiger partial charge in [-0.15, -0.1) is 0 Å². The number of nitrogens with zero attached hydrogens (tertiary/aromatic N) is 2. The molecule has 0 saturated carbocycles. The fraction of sp³-hybridized carbons (Fsp3) is 0.280. The minimum atomic E-state index is 0.579. The van der Waals surface area contributed by atoms with Crippen LogP contribution in [0.15, 0.2) is 84.9 Å². The van der Waals surface area contributed by atoms with E-state index in [4.69, 9.17) is 9.47 Å². The lowest BCUT2D eigenvalue weighted by Crippen LogP contribution is -2.47. The molecule has 4 nitrogen and oxygen atoms in total. The van der Waals surface area contributed by atoms with Gasteiger partial charge in [0, 0.05) is 38.4 Å². The van der Waals surface area contributed by atoms with Crippen molar-refractivity contribution in [1.29, 1.82) is 0 Å². The molecule has 1 heterocycles. The van der Waals surface area contributed by atoms with Crippen molar-refractivity contribution in [3.8, 4) is 11.5 Å². The Kier molecular flexibility index (Phi) is 6.66. The number of hydrogen-bond acceptors (Lipinski definition) is 4. The van der Waals surface area contributed by atoms with E-state index < -0.39 is 0 Å². The van der Waals surface area contributed by atoms with Gasteiger partial charge in [-0.05, 0) is 42.0 Å². The summed E-state index contributed by atoms with van der Waals surface area (Å²) in [7, 11) is 0. The first-order valence-electron chi connectivity index (χ1n) is 10.3. The van der Waals surface area contributed by atoms with E-state index in [1.807, 2.05) is 42.5 Å². The van der Waals surface area contributed by atoms with Gasteiger partial charge in [0.1, 0.15) is 24.7 Å². The molecule has 0 spiro atoms. The summed E-state index contributed by atoms with van der Waals surface area (Å²) < 4.78 is 11.8. The second kappa shape index (κ2) is 9.99. The van der Waals surface area contributed by atoms with Crippen LogP contribution in [-0.4, -0.2) is 44.2 Å². The summed E-state index contributed by atoms with van der Waals surface area (Å²) in [6, 6.07) is 28.7. The van der Waals surface area contributed by atoms with Gasteiger partial charge >= 0.3 is 0 Å². The van der Waals surface area contributed by atoms with Gasteiger partial charge in [0.15, 0.2) is 0 Å². The molecule has 0 N–H and O–H groups in total. The summed E-state index contributed by atoms with van der Waals surface area (Å²) in [5, 5.41) is 0. The highest BCUT2D eigenvalue weighted by Crippen LogP contribution is 2.19. The van der Waals surface area contributed by atoms with Crippen LogP contribution in [0, 0.1) is 0 Å². The van der Waals surface area contributed by atoms with Crippen LogP contribution in [-0.2, 0) is 6.61 Å². The predicted molar refractivity (Wildman–Crippen MR) is 118 cm³/mol. The van der Waals surface area contributed by atoms with E-state index in [0.717, 1.165) is 44.2 Å². The van der Waals surface area contributed by atoms with Crippen molar-refractivity contribution in [2.24, 2.45) is 0 Å². The summed E-state index contributed by atoms with van der Waals surface area (Å²) in [4.78, 5) is 4.92. The second-order valence-corrected chi connectivity index (χ2v) is 7.26. The Bertz CT molecular complexity index is 845. The molecule has 4 heteroatoms. The molecule has 1 aliphatic rings. The SMILES string of the molecule is c1ccc(COc2ccc(OCCN3CCN(c4ccccc4)CC3)cc2)cc1. The number of hydrogen-bond donors (Lipinski definition) is 0. The average molecular weight is 389 g/mol. The lowest BCUT2D eigenvalue weighted by molar-refractivity contribution is 0.200. The molecule has 150 valence electrons. The number of benzene rings is 3. The zero-order valence-corrected chi connectivity index (χ0v) is 16.7. The number of piperazine rings is 1. The zero-order chi connectivity index (χ0) is 19.7. The molecule has 0 bridgehead atoms. The Labute approximate surface area is 173 Å². The van der Waals surface area contributed by atoms with Gasteiger partial charge in [-0.1, -0.05) is 48.5 Å². The van der Waals surface area contributed by atoms with Crippen LogP contribution in [0.5, 0.6) is 11.5 Å². The zero-order valence-electron chi connectivity index (χ0n) is 16.7. The van der Waals surface area contributed by atoms with Gasteiger partial charge in [-0.25, -0.2) is 0 Å². The Balaban J connectivity index is 1.16. The third kappa shape index (κ3) is 5.75. The summed E-state index contributed by atoms with van der Waals surface area (Å²) in [6.07, 6.45) is 0. The van der Waals surface area contributed by atoms with E-state index in [-0.39, 0.29) is 0 Å². The van der Waals surface area contributed by atoms with Gasteiger partial charge in [0.05, 0.1) is 0 Å². The highest BCUT2D eigenvalue weighted by atomic mass is 16.5. The van der Waals surface area contributed by atoms with Crippen LogP contribution in [0.2, 0.25) is 0 Å². The standard InChI is InChI=1S/C25H28N2O2/c1-3-7-22(8-4-1)21-29-25-13-11-24(12-14-25)28-20-19-26-15-17-27(18-16-26)23-9-5-2-6-10-23/h1-14H,15-21H2. The molecule has 0 aromatic heterocycles. The first kappa shape index (κ1) is 19.3. The number of rotatable bonds is 8. The van der Waals surface area contributed by atoms with Gasteiger partial charge in [-0.3, -0.25) is 4.90 Å². The highest BCUT2D eigenvalue weighted by molar-refractivity contribution is 5.46. The van der Waals surface area contributed by atoms with E-state index >= 15 is 0 Å². The minimum absolute atomic E-state index is 0.579. The highest BCUT2D eigenvalue weighted by Gasteiger charge is 2.16. The van der Waals surface area contributed by atoms with Crippen LogP contribution in [0.4, 0.5) is 5.69 Å². The molecule has 0 atom stereocenters. The molecular formula is C25H28N2O2. The number of para-hydroxylation sites is 1. The molecule has 3 aromatic carbocycles. The second-order valence-electron chi connectivity index (χ2n) is 7.26. The van der Waals surface area contributed by atoms with Crippen LogP contribution in [0.25, 0.3) is 0 Å². The molecule has 29 heavy (non-hydrogen) atoms. The molecule has 0 aliphatic carbocycles. The smallest absolute Gasteiger partial charge is 0.120 e. The van der Waals surface area contributed by atoms with Crippen molar-refractivity contribution in [2.75, 3.05) is 44.2 Å². The summed E-state index contributed by atoms with van der Waals surface area (Å²) in [5.74, 6) is 1.75. The van der Waals surface area contributed by atoms with E-state index in [2.05, 4.69) is 52.3 Å². The first-order chi connectivity index (χ1) is 14.4. The van der Waals surface area contributed by atoms with Gasteiger partial charge in [0.25, 0.3) is 0 Å². The van der Waals surface area contributed by atoms with E-state index in [9.17, 15) is 0 Å². The quantitative estimate of drug-likeness (QED) is 0.569. The van der Waals surface area contributed by atoms with Gasteiger partial charge in [0.2, 0.25) is 0 Å². The molecule has 1 aliphatic heterocycles. The molecule has 0 amide bonds. The maximum absolute atomic E-state index is 5.93. The van der Waals surface area contributed by atoms with Crippen molar-refractivity contribution in [3.05, 3.63) is 90.5 Å². The minimum Gasteiger partial charge on any atom is -0.492 e. The van der Waals surface area contributed by atoms with Crippen LogP contribution < -0.4 is 14.4 Å². The third-order valence-corrected chi connectivity index (χ3v) is 5.24. The Morgan fingerprint density at radius 2 is 1.21 bits per heavy atom. The molecule has 0 unspecified atom stereocenters. The van der Waals surface area contributed by atoms with Crippen LogP contribution in [0.3, 0.4) is 0 Å². The molecule has 1 fully saturated rings. The fourth-order valence-electron chi connectivity index (χ4n) is 3.53. The maximum Gasteiger partial charge on any atom is 0.120 e. The topological polar surface area (TPSA) is 24.9 Å². The monoisotopic (exact) mass is 388 g/mol. The number of ether oxygens (including phenoxy) is 2. The largest absolute Gasteiger partial charge is 0.492 e. The van der Waals surface area contributed by atoms with Crippen molar-refractivity contribution < 1.29 is 9.47 Å². The van der Waals surface area contributed by atoms with Crippen molar-refractivity contribution in [2.45, 2.75) is 6.61 Å². The number of anilines is 1. The third-order valence-electron chi connectivity index (χ3n) is 5.24. The molecule has 3 aromatic rings. The summed E-state index contributed by atoms with van der Waals surface area (Å²) in [5.41, 5.74) is 2.48. The Hall–Kier alpha value is -2.98. The van der Waals surface area contributed by atoms with Crippen molar-refractivity contribution >= 4 is 5.69 Å². The Morgan fingerprint density at radius 3 is 1.86 bits per heavy atom. The Morgan fingerprint density at radius 1 is 0.621 bits per heavy atom. The lowest BCUT2D eigenvalue weighted by atomic mass is 10.2. The molecule has 4 rings (SSSR count). The van der Waals surface area contributed by atoms with E-state index in [0.29, 0.717) is 13.2 Å². The normalized spacial score (nSPS) is 14.6. The maximum atomic E-state index is 5.93. The van der Waals surface area contributed by atoms with Gasteiger partial charge < -0.3 is 14.4 Å². The lowest BCUT2D eigenvalue weighted by Gasteiger charge is -2.36. The van der Waals surface area contributed by atoms with E-state index in [1.165, 1.54) is 11.3 Å². The van der Waals surface area contributed by atoms with Gasteiger partial charge in [-0.2, -0.15) is 0 Å². The predicted octanol–water partition coefficient (Wildman–Crippen LogP) is 4.47. The van der Waals surface area contributed by atoms with E-state index in [1.54, 1.807) is 0 Å². The summed E-state index contributed by atoms with van der Waals surface area (Å²) in [6.45, 7) is 6.52. The fourth-order valence-corrected chi connectivity index (χ4v) is 3.53. The first-order valence-corrected chi connectivity index (χ1v) is 10.3. The van der Waals surface area contributed by atoms with Crippen molar-refractivity contribution in [3.63, 3.8) is 0 Å². The van der Waals surface area contributed by atoms with Crippen LogP contribution in [0.1, 0.15) is 5.56 Å². The molecule has 0 radical (unpaired) electrons.